The van der Waals surface area contributed by atoms with Crippen LogP contribution in [-0.2, 0) is 5.11 Å². The summed E-state index contributed by atoms with van der Waals surface area (Å²) >= 11 is 0. The van der Waals surface area contributed by atoms with Crippen molar-refractivity contribution in [2.45, 2.75) is 0 Å². The van der Waals surface area contributed by atoms with Gasteiger partial charge >= 0.3 is 0 Å². The molecule has 0 atom stereocenters. The highest BCUT2D eigenvalue weighted by molar-refractivity contribution is 4.75. The maximum Gasteiger partial charge on any atom is 0.158 e. The van der Waals surface area contributed by atoms with Gasteiger partial charge in [0.1, 0.15) is 0 Å². The first-order chi connectivity index (χ1) is 2.91. The molecule has 0 aliphatic heterocycles. The van der Waals surface area contributed by atoms with Crippen molar-refractivity contribution in [2.75, 3.05) is 0 Å². The van der Waals surface area contributed by atoms with Crippen LogP contribution in [0.25, 0.3) is 0 Å². The SMILES string of the molecule is C=CNC=C[O]. The predicted molar refractivity (Wildman–Crippen MR) is 23.2 cm³/mol. The summed E-state index contributed by atoms with van der Waals surface area (Å²) in [5, 5.41) is 11.9. The Labute approximate surface area is 36.8 Å². The van der Waals surface area contributed by atoms with E-state index in [2.05, 4.69) is 11.9 Å². The van der Waals surface area contributed by atoms with Crippen molar-refractivity contribution in [3.05, 3.63) is 25.2 Å². The molecule has 1 N–H and O–H groups in total. The smallest absolute Gasteiger partial charge is 0.158 e. The normalized spacial score (nSPS) is 8.67. The molecule has 1 radical (unpaired) electrons. The first kappa shape index (κ1) is 5.08. The third kappa shape index (κ3) is 3.08. The zero-order chi connectivity index (χ0) is 4.83. The standard InChI is InChI=1S/C4H6NO/c1-2-5-3-4-6/h2-5H,1H2. The fourth-order valence-corrected chi connectivity index (χ4v) is 0.107. The van der Waals surface area contributed by atoms with Crippen LogP contribution in [0.3, 0.4) is 0 Å². The molecule has 6 heavy (non-hydrogen) atoms. The minimum atomic E-state index is 0.654. The van der Waals surface area contributed by atoms with Crippen molar-refractivity contribution >= 4 is 0 Å². The van der Waals surface area contributed by atoms with Gasteiger partial charge in [-0.3, -0.25) is 5.11 Å². The second-order valence-electron chi connectivity index (χ2n) is 0.674. The van der Waals surface area contributed by atoms with Crippen LogP contribution in [0.5, 0.6) is 0 Å². The van der Waals surface area contributed by atoms with E-state index in [1.807, 2.05) is 0 Å². The van der Waals surface area contributed by atoms with Crippen molar-refractivity contribution in [2.24, 2.45) is 0 Å². The molecule has 0 fully saturated rings. The summed E-state index contributed by atoms with van der Waals surface area (Å²) in [5.74, 6) is 0. The summed E-state index contributed by atoms with van der Waals surface area (Å²) in [4.78, 5) is 0. The lowest BCUT2D eigenvalue weighted by Gasteiger charge is -1.76. The van der Waals surface area contributed by atoms with Crippen molar-refractivity contribution in [1.29, 1.82) is 0 Å². The van der Waals surface area contributed by atoms with Gasteiger partial charge in [-0.2, -0.15) is 0 Å². The van der Waals surface area contributed by atoms with Gasteiger partial charge in [-0.1, -0.05) is 6.58 Å². The van der Waals surface area contributed by atoms with Crippen molar-refractivity contribution in [1.82, 2.24) is 5.32 Å². The molecule has 0 spiro atoms. The van der Waals surface area contributed by atoms with Crippen LogP contribution in [0.2, 0.25) is 0 Å². The molecule has 33 valence electrons. The van der Waals surface area contributed by atoms with E-state index in [0.29, 0.717) is 6.26 Å². The summed E-state index contributed by atoms with van der Waals surface area (Å²) in [5.41, 5.74) is 0. The molecule has 0 unspecified atom stereocenters. The molecule has 0 aliphatic rings. The highest BCUT2D eigenvalue weighted by Gasteiger charge is 1.55. The molecule has 2 heteroatoms. The molecule has 2 nitrogen and oxygen atoms in total. The van der Waals surface area contributed by atoms with E-state index < -0.39 is 0 Å². The van der Waals surface area contributed by atoms with Crippen molar-refractivity contribution < 1.29 is 5.11 Å². The zero-order valence-electron chi connectivity index (χ0n) is 3.35. The average Bonchev–Trinajstić information content (AvgIpc) is 1.61. The largest absolute Gasteiger partial charge is 0.366 e. The minimum absolute atomic E-state index is 0.654. The van der Waals surface area contributed by atoms with Gasteiger partial charge in [-0.15, -0.1) is 0 Å². The maximum absolute atomic E-state index is 9.40. The number of hydrogen-bond donors (Lipinski definition) is 1. The van der Waals surface area contributed by atoms with Crippen LogP contribution in [0.4, 0.5) is 0 Å². The van der Waals surface area contributed by atoms with E-state index >= 15 is 0 Å². The Balaban J connectivity index is 2.85. The molecule has 0 saturated carbocycles. The van der Waals surface area contributed by atoms with Crippen LogP contribution in [0.15, 0.2) is 25.2 Å². The second kappa shape index (κ2) is 4.08. The van der Waals surface area contributed by atoms with Gasteiger partial charge < -0.3 is 5.32 Å². The van der Waals surface area contributed by atoms with Crippen LogP contribution in [-0.4, -0.2) is 0 Å². The Kier molecular flexibility index (Phi) is 3.45. The highest BCUT2D eigenvalue weighted by Crippen LogP contribution is 1.55. The van der Waals surface area contributed by atoms with Gasteiger partial charge in [-0.25, -0.2) is 0 Å². The highest BCUT2D eigenvalue weighted by atomic mass is 16.2. The first-order valence-electron chi connectivity index (χ1n) is 1.55. The number of nitrogens with one attached hydrogen (secondary N) is 1. The monoisotopic (exact) mass is 84.0 g/mol. The fraction of sp³-hybridized carbons (Fsp3) is 0. The lowest BCUT2D eigenvalue weighted by molar-refractivity contribution is 0.349. The fourth-order valence-electron chi connectivity index (χ4n) is 0.107. The Morgan fingerprint density at radius 1 is 1.67 bits per heavy atom. The molecular formula is C4H6NO. The van der Waals surface area contributed by atoms with Crippen LogP contribution in [0, 0.1) is 0 Å². The second-order valence-corrected chi connectivity index (χ2v) is 0.674. The van der Waals surface area contributed by atoms with Crippen LogP contribution >= 0.6 is 0 Å². The Morgan fingerprint density at radius 3 is 2.50 bits per heavy atom. The van der Waals surface area contributed by atoms with E-state index in [9.17, 15) is 5.11 Å². The predicted octanol–water partition coefficient (Wildman–Crippen LogP) is 0.621. The molecular weight excluding hydrogens is 78.0 g/mol. The summed E-state index contributed by atoms with van der Waals surface area (Å²) in [6, 6.07) is 0. The third-order valence-corrected chi connectivity index (χ3v) is 0.282. The van der Waals surface area contributed by atoms with E-state index in [4.69, 9.17) is 0 Å². The van der Waals surface area contributed by atoms with Gasteiger partial charge in [0.05, 0.1) is 0 Å². The molecule has 0 aliphatic carbocycles. The van der Waals surface area contributed by atoms with Crippen LogP contribution < -0.4 is 5.32 Å². The average molecular weight is 84.1 g/mol. The molecule has 0 bridgehead atoms. The number of hydrogen-bond acceptors (Lipinski definition) is 1. The summed E-state index contributed by atoms with van der Waals surface area (Å²) in [6.07, 6.45) is 3.34. The summed E-state index contributed by atoms with van der Waals surface area (Å²) in [7, 11) is 0. The molecule has 0 aromatic carbocycles. The lowest BCUT2D eigenvalue weighted by Crippen LogP contribution is -1.87. The quantitative estimate of drug-likeness (QED) is 0.489. The molecule has 0 rings (SSSR count). The van der Waals surface area contributed by atoms with E-state index in [0.717, 1.165) is 0 Å². The Hall–Kier alpha value is -0.920. The van der Waals surface area contributed by atoms with E-state index in [1.165, 1.54) is 12.4 Å². The summed E-state index contributed by atoms with van der Waals surface area (Å²) < 4.78 is 0. The van der Waals surface area contributed by atoms with Gasteiger partial charge in [0.2, 0.25) is 0 Å². The van der Waals surface area contributed by atoms with Gasteiger partial charge in [0, 0.05) is 6.20 Å². The Morgan fingerprint density at radius 2 is 2.33 bits per heavy atom. The molecule has 0 amide bonds. The Bertz CT molecular complexity index is 58.6. The molecule has 0 heterocycles. The molecule has 0 saturated heterocycles. The zero-order valence-corrected chi connectivity index (χ0v) is 3.35. The topological polar surface area (TPSA) is 31.9 Å². The molecule has 0 aromatic heterocycles. The minimum Gasteiger partial charge on any atom is -0.366 e. The van der Waals surface area contributed by atoms with Crippen LogP contribution in [0.1, 0.15) is 0 Å². The summed E-state index contributed by atoms with van der Waals surface area (Å²) in [6.45, 7) is 3.30. The van der Waals surface area contributed by atoms with Crippen molar-refractivity contribution in [3.63, 3.8) is 0 Å². The lowest BCUT2D eigenvalue weighted by atomic mass is 10.9. The van der Waals surface area contributed by atoms with E-state index in [1.54, 1.807) is 0 Å². The van der Waals surface area contributed by atoms with E-state index in [-0.39, 0.29) is 0 Å². The number of rotatable bonds is 2. The maximum atomic E-state index is 9.40. The van der Waals surface area contributed by atoms with Crippen molar-refractivity contribution in [3.8, 4) is 0 Å². The van der Waals surface area contributed by atoms with Gasteiger partial charge in [0.15, 0.2) is 6.26 Å². The van der Waals surface area contributed by atoms with Gasteiger partial charge in [-0.05, 0) is 6.20 Å². The third-order valence-electron chi connectivity index (χ3n) is 0.282. The molecule has 0 aromatic rings. The van der Waals surface area contributed by atoms with Gasteiger partial charge in [0.25, 0.3) is 0 Å². The first-order valence-corrected chi connectivity index (χ1v) is 1.55.